The van der Waals surface area contributed by atoms with E-state index in [4.69, 9.17) is 11.6 Å². The minimum atomic E-state index is -3.25. The summed E-state index contributed by atoms with van der Waals surface area (Å²) in [5, 5.41) is 3.69. The highest BCUT2D eigenvalue weighted by Crippen LogP contribution is 2.26. The highest BCUT2D eigenvalue weighted by atomic mass is 35.5. The van der Waals surface area contributed by atoms with Crippen molar-refractivity contribution < 1.29 is 8.78 Å². The van der Waals surface area contributed by atoms with E-state index < -0.39 is 11.4 Å². The van der Waals surface area contributed by atoms with Crippen LogP contribution >= 0.6 is 11.6 Å². The Hall–Kier alpha value is -1.46. The van der Waals surface area contributed by atoms with E-state index in [-0.39, 0.29) is 0 Å². The molecule has 6 heteroatoms. The Bertz CT molecular complexity index is 526. The van der Waals surface area contributed by atoms with E-state index in [1.54, 1.807) is 10.9 Å². The second-order valence-corrected chi connectivity index (χ2v) is 5.70. The van der Waals surface area contributed by atoms with Gasteiger partial charge in [-0.2, -0.15) is 13.9 Å². The molecule has 0 bridgehead atoms. The molecule has 0 spiro atoms. The predicted octanol–water partition coefficient (Wildman–Crippen LogP) is 3.70. The zero-order chi connectivity index (χ0) is 15.8. The number of halogens is 3. The summed E-state index contributed by atoms with van der Waals surface area (Å²) in [6.07, 6.45) is 5.13. The predicted molar refractivity (Wildman–Crippen MR) is 84.2 cm³/mol. The molecule has 1 N–H and O–H groups in total. The van der Waals surface area contributed by atoms with Crippen LogP contribution in [0.25, 0.3) is 0 Å². The normalized spacial score (nSPS) is 13.2. The van der Waals surface area contributed by atoms with Crippen molar-refractivity contribution in [1.82, 2.24) is 15.1 Å². The number of benzene rings is 1. The van der Waals surface area contributed by atoms with Crippen molar-refractivity contribution in [3.05, 3.63) is 54.4 Å². The van der Waals surface area contributed by atoms with Gasteiger partial charge in [-0.3, -0.25) is 4.68 Å². The molecule has 0 radical (unpaired) electrons. The molecule has 0 aliphatic carbocycles. The number of hydrogen-bond acceptors (Lipinski definition) is 2. The first kappa shape index (κ1) is 16.9. The minimum Gasteiger partial charge on any atom is -0.307 e. The fraction of sp³-hybridized carbons (Fsp3) is 0.438. The first-order valence-electron chi connectivity index (χ1n) is 7.37. The average Bonchev–Trinajstić information content (AvgIpc) is 2.99. The van der Waals surface area contributed by atoms with Gasteiger partial charge >= 0.3 is 5.38 Å². The monoisotopic (exact) mass is 327 g/mol. The van der Waals surface area contributed by atoms with E-state index in [1.165, 1.54) is 0 Å². The molecule has 0 saturated heterocycles. The summed E-state index contributed by atoms with van der Waals surface area (Å²) >= 11 is 5.23. The molecule has 0 aliphatic rings. The smallest absolute Gasteiger partial charge is 0.307 e. The van der Waals surface area contributed by atoms with E-state index in [1.807, 2.05) is 42.6 Å². The van der Waals surface area contributed by atoms with Crippen molar-refractivity contribution in [1.29, 1.82) is 0 Å². The van der Waals surface area contributed by atoms with Gasteiger partial charge in [-0.15, -0.1) is 0 Å². The van der Waals surface area contributed by atoms with E-state index in [0.717, 1.165) is 12.0 Å². The van der Waals surface area contributed by atoms with Crippen LogP contribution in [-0.2, 0) is 13.0 Å². The Balaban J connectivity index is 1.76. The third kappa shape index (κ3) is 5.73. The van der Waals surface area contributed by atoms with Crippen molar-refractivity contribution in [2.75, 3.05) is 6.54 Å². The maximum Gasteiger partial charge on any atom is 0.336 e. The minimum absolute atomic E-state index is 0.294. The molecule has 2 rings (SSSR count). The van der Waals surface area contributed by atoms with Crippen molar-refractivity contribution in [3.8, 4) is 0 Å². The molecule has 1 heterocycles. The Kier molecular flexibility index (Phi) is 6.34. The summed E-state index contributed by atoms with van der Waals surface area (Å²) in [6.45, 7) is 1.17. The van der Waals surface area contributed by atoms with Gasteiger partial charge in [0.25, 0.3) is 0 Å². The van der Waals surface area contributed by atoms with E-state index >= 15 is 0 Å². The van der Waals surface area contributed by atoms with Gasteiger partial charge in [0.15, 0.2) is 0 Å². The third-order valence-corrected chi connectivity index (χ3v) is 3.74. The quantitative estimate of drug-likeness (QED) is 0.562. The van der Waals surface area contributed by atoms with Crippen LogP contribution in [0.5, 0.6) is 0 Å². The van der Waals surface area contributed by atoms with Crippen LogP contribution in [0.2, 0.25) is 0 Å². The summed E-state index contributed by atoms with van der Waals surface area (Å²) < 4.78 is 28.7. The Labute approximate surface area is 134 Å². The molecule has 120 valence electrons. The van der Waals surface area contributed by atoms with Crippen LogP contribution in [0.1, 0.15) is 18.4 Å². The third-order valence-electron chi connectivity index (χ3n) is 3.47. The highest BCUT2D eigenvalue weighted by molar-refractivity contribution is 6.22. The average molecular weight is 328 g/mol. The lowest BCUT2D eigenvalue weighted by molar-refractivity contribution is 0.0465. The maximum absolute atomic E-state index is 13.5. The van der Waals surface area contributed by atoms with Gasteiger partial charge in [-0.05, 0) is 49.0 Å². The van der Waals surface area contributed by atoms with Gasteiger partial charge in [0.05, 0.1) is 6.04 Å². The first-order valence-corrected chi connectivity index (χ1v) is 7.75. The summed E-state index contributed by atoms with van der Waals surface area (Å²) in [5.41, 5.74) is 1.03. The maximum atomic E-state index is 13.5. The van der Waals surface area contributed by atoms with Gasteiger partial charge in [-0.25, -0.2) is 0 Å². The standard InChI is InChI=1S/C16H20ClF2N3/c17-16(18,19)15(9-8-14-6-2-1-3-7-14)20-10-4-12-22-13-5-11-21-22/h1-3,5-7,11,13,15,20H,4,8-10,12H2. The zero-order valence-electron chi connectivity index (χ0n) is 12.3. The molecule has 0 saturated carbocycles. The molecular formula is C16H20ClF2N3. The van der Waals surface area contributed by atoms with Gasteiger partial charge in [0, 0.05) is 18.9 Å². The van der Waals surface area contributed by atoms with Crippen molar-refractivity contribution in [2.45, 2.75) is 37.2 Å². The number of rotatable bonds is 9. The lowest BCUT2D eigenvalue weighted by Crippen LogP contribution is -2.42. The van der Waals surface area contributed by atoms with Crippen molar-refractivity contribution in [2.24, 2.45) is 0 Å². The molecule has 1 unspecified atom stereocenters. The van der Waals surface area contributed by atoms with E-state index in [0.29, 0.717) is 25.9 Å². The SMILES string of the molecule is FC(F)(Cl)C(CCc1ccccc1)NCCCn1cccn1. The van der Waals surface area contributed by atoms with Crippen LogP contribution in [-0.4, -0.2) is 27.7 Å². The molecule has 22 heavy (non-hydrogen) atoms. The Morgan fingerprint density at radius 3 is 2.64 bits per heavy atom. The molecule has 1 atom stereocenters. The second kappa shape index (κ2) is 8.25. The fourth-order valence-electron chi connectivity index (χ4n) is 2.29. The topological polar surface area (TPSA) is 29.9 Å². The Morgan fingerprint density at radius 2 is 2.00 bits per heavy atom. The van der Waals surface area contributed by atoms with Crippen LogP contribution in [0, 0.1) is 0 Å². The molecule has 0 aliphatic heterocycles. The fourth-order valence-corrected chi connectivity index (χ4v) is 2.47. The van der Waals surface area contributed by atoms with Gasteiger partial charge in [-0.1, -0.05) is 30.3 Å². The molecular weight excluding hydrogens is 308 g/mol. The number of nitrogens with zero attached hydrogens (tertiary/aromatic N) is 2. The number of hydrogen-bond donors (Lipinski definition) is 1. The number of aromatic nitrogens is 2. The van der Waals surface area contributed by atoms with Gasteiger partial charge < -0.3 is 5.32 Å². The number of nitrogens with one attached hydrogen (secondary N) is 1. The summed E-state index contributed by atoms with van der Waals surface area (Å²) in [5.74, 6) is 0. The molecule has 3 nitrogen and oxygen atoms in total. The first-order chi connectivity index (χ1) is 10.6. The molecule has 1 aromatic heterocycles. The molecule has 1 aromatic carbocycles. The summed E-state index contributed by atoms with van der Waals surface area (Å²) in [7, 11) is 0. The molecule has 0 amide bonds. The summed E-state index contributed by atoms with van der Waals surface area (Å²) in [6, 6.07) is 10.4. The van der Waals surface area contributed by atoms with E-state index in [9.17, 15) is 8.78 Å². The lowest BCUT2D eigenvalue weighted by atomic mass is 10.1. The van der Waals surface area contributed by atoms with Gasteiger partial charge in [0.1, 0.15) is 0 Å². The molecule has 0 fully saturated rings. The van der Waals surface area contributed by atoms with Crippen LogP contribution in [0.4, 0.5) is 8.78 Å². The molecule has 2 aromatic rings. The van der Waals surface area contributed by atoms with Crippen molar-refractivity contribution in [3.63, 3.8) is 0 Å². The summed E-state index contributed by atoms with van der Waals surface area (Å²) in [4.78, 5) is 0. The van der Waals surface area contributed by atoms with Crippen LogP contribution in [0.15, 0.2) is 48.8 Å². The highest BCUT2D eigenvalue weighted by Gasteiger charge is 2.36. The van der Waals surface area contributed by atoms with Crippen LogP contribution < -0.4 is 5.32 Å². The second-order valence-electron chi connectivity index (χ2n) is 5.20. The number of alkyl halides is 3. The lowest BCUT2D eigenvalue weighted by Gasteiger charge is -2.23. The van der Waals surface area contributed by atoms with Gasteiger partial charge in [0.2, 0.25) is 0 Å². The van der Waals surface area contributed by atoms with Crippen molar-refractivity contribution >= 4 is 11.6 Å². The van der Waals surface area contributed by atoms with E-state index in [2.05, 4.69) is 10.4 Å². The zero-order valence-corrected chi connectivity index (χ0v) is 13.0. The number of aryl methyl sites for hydroxylation is 2. The van der Waals surface area contributed by atoms with Crippen LogP contribution in [0.3, 0.4) is 0 Å². The largest absolute Gasteiger partial charge is 0.336 e. The Morgan fingerprint density at radius 1 is 1.23 bits per heavy atom.